The summed E-state index contributed by atoms with van der Waals surface area (Å²) < 4.78 is 0. The van der Waals surface area contributed by atoms with E-state index < -0.39 is 17.4 Å². The van der Waals surface area contributed by atoms with E-state index in [1.165, 1.54) is 11.1 Å². The lowest BCUT2D eigenvalue weighted by Gasteiger charge is -2.31. The van der Waals surface area contributed by atoms with Crippen LogP contribution in [0.1, 0.15) is 57.9 Å². The number of amides is 2. The Balaban J connectivity index is 2.25. The Bertz CT molecular complexity index is 811. The van der Waals surface area contributed by atoms with Crippen molar-refractivity contribution in [2.45, 2.75) is 58.0 Å². The van der Waals surface area contributed by atoms with Crippen LogP contribution in [0.3, 0.4) is 0 Å². The van der Waals surface area contributed by atoms with Crippen LogP contribution < -0.4 is 10.4 Å². The molecule has 2 aromatic carbocycles. The van der Waals surface area contributed by atoms with Gasteiger partial charge in [-0.3, -0.25) is 15.0 Å². The maximum Gasteiger partial charge on any atom is 0.270 e. The molecule has 0 bridgehead atoms. The second kappa shape index (κ2) is 11.9. The summed E-state index contributed by atoms with van der Waals surface area (Å²) in [7, 11) is 0. The zero-order valence-corrected chi connectivity index (χ0v) is 17.9. The highest BCUT2D eigenvalue weighted by Gasteiger charge is 2.36. The average Bonchev–Trinajstić information content (AvgIpc) is 2.79. The number of hydrazine groups is 1. The number of carbonyl (C=O) groups is 2. The lowest BCUT2D eigenvalue weighted by molar-refractivity contribution is -0.142. The largest absolute Gasteiger partial charge is 0.380 e. The zero-order valence-electron chi connectivity index (χ0n) is 17.9. The van der Waals surface area contributed by atoms with Crippen molar-refractivity contribution in [3.8, 4) is 0 Å². The first-order chi connectivity index (χ1) is 14.5. The van der Waals surface area contributed by atoms with E-state index >= 15 is 0 Å². The van der Waals surface area contributed by atoms with Crippen molar-refractivity contribution in [1.82, 2.24) is 5.43 Å². The number of anilines is 1. The van der Waals surface area contributed by atoms with Crippen molar-refractivity contribution in [2.75, 3.05) is 5.01 Å². The first-order valence-electron chi connectivity index (χ1n) is 10.7. The molecule has 5 heteroatoms. The van der Waals surface area contributed by atoms with E-state index in [4.69, 9.17) is 0 Å². The molecule has 0 heterocycles. The highest BCUT2D eigenvalue weighted by molar-refractivity contribution is 6.05. The molecule has 0 aliphatic carbocycles. The topological polar surface area (TPSA) is 69.6 Å². The van der Waals surface area contributed by atoms with Crippen molar-refractivity contribution < 1.29 is 14.7 Å². The molecule has 0 aliphatic heterocycles. The fourth-order valence-electron chi connectivity index (χ4n) is 3.13. The molecule has 0 radical (unpaired) electrons. The van der Waals surface area contributed by atoms with Gasteiger partial charge < -0.3 is 5.11 Å². The van der Waals surface area contributed by atoms with Crippen LogP contribution in [-0.2, 0) is 9.59 Å². The van der Waals surface area contributed by atoms with Gasteiger partial charge in [-0.1, -0.05) is 88.1 Å². The van der Waals surface area contributed by atoms with Crippen molar-refractivity contribution in [3.63, 3.8) is 0 Å². The molecule has 0 fully saturated rings. The van der Waals surface area contributed by atoms with E-state index in [0.717, 1.165) is 31.2 Å². The zero-order chi connectivity index (χ0) is 21.8. The molecule has 0 spiro atoms. The number of rotatable bonds is 10. The highest BCUT2D eigenvalue weighted by Crippen LogP contribution is 2.23. The third-order valence-corrected chi connectivity index (χ3v) is 4.98. The van der Waals surface area contributed by atoms with Crippen LogP contribution in [0.15, 0.2) is 66.7 Å². The lowest BCUT2D eigenvalue weighted by Crippen LogP contribution is -2.55. The van der Waals surface area contributed by atoms with Gasteiger partial charge in [0.25, 0.3) is 11.8 Å². The van der Waals surface area contributed by atoms with E-state index in [-0.39, 0.29) is 0 Å². The van der Waals surface area contributed by atoms with E-state index in [2.05, 4.69) is 5.43 Å². The van der Waals surface area contributed by atoms with E-state index in [1.807, 2.05) is 50.2 Å². The molecule has 30 heavy (non-hydrogen) atoms. The van der Waals surface area contributed by atoms with Crippen LogP contribution in [-0.4, -0.2) is 22.5 Å². The minimum absolute atomic E-state index is 0.367. The van der Waals surface area contributed by atoms with Gasteiger partial charge in [0, 0.05) is 6.08 Å². The highest BCUT2D eigenvalue weighted by atomic mass is 16.3. The average molecular weight is 409 g/mol. The number of nitrogens with one attached hydrogen (secondary N) is 1. The monoisotopic (exact) mass is 408 g/mol. The second-order valence-electron chi connectivity index (χ2n) is 7.43. The first kappa shape index (κ1) is 23.4. The molecule has 0 unspecified atom stereocenters. The Labute approximate surface area is 179 Å². The number of aliphatic hydroxyl groups is 1. The summed E-state index contributed by atoms with van der Waals surface area (Å²) in [5, 5.41) is 12.3. The van der Waals surface area contributed by atoms with Gasteiger partial charge in [-0.2, -0.15) is 0 Å². The van der Waals surface area contributed by atoms with E-state index in [1.54, 1.807) is 30.3 Å². The van der Waals surface area contributed by atoms with Crippen molar-refractivity contribution in [2.24, 2.45) is 0 Å². The Morgan fingerprint density at radius 1 is 0.933 bits per heavy atom. The summed E-state index contributed by atoms with van der Waals surface area (Å²) in [5.74, 6) is -0.943. The summed E-state index contributed by atoms with van der Waals surface area (Å²) in [6, 6.07) is 18.4. The number of hydrogen-bond donors (Lipinski definition) is 2. The molecule has 160 valence electrons. The van der Waals surface area contributed by atoms with Gasteiger partial charge in [0.15, 0.2) is 0 Å². The predicted octanol–water partition coefficient (Wildman–Crippen LogP) is 4.88. The molecule has 5 nitrogen and oxygen atoms in total. The summed E-state index contributed by atoms with van der Waals surface area (Å²) in [6.45, 7) is 4.04. The standard InChI is InChI=1S/C25H32N2O3/c1-3-5-19-25(30,20-6-4-2)24(29)26-27(22-15-11-8-12-16-22)23(28)18-17-21-13-9-7-10-14-21/h7-18,30H,3-6,19-20H2,1-2H3,(H,26,29)/b18-17+. The third-order valence-electron chi connectivity index (χ3n) is 4.98. The van der Waals surface area contributed by atoms with Crippen molar-refractivity contribution in [1.29, 1.82) is 0 Å². The third kappa shape index (κ3) is 6.85. The van der Waals surface area contributed by atoms with Gasteiger partial charge in [-0.25, -0.2) is 5.01 Å². The Morgan fingerprint density at radius 2 is 1.47 bits per heavy atom. The Morgan fingerprint density at radius 3 is 2.00 bits per heavy atom. The van der Waals surface area contributed by atoms with E-state index in [9.17, 15) is 14.7 Å². The smallest absolute Gasteiger partial charge is 0.270 e. The lowest BCUT2D eigenvalue weighted by atomic mass is 9.90. The van der Waals surface area contributed by atoms with Crippen molar-refractivity contribution >= 4 is 23.6 Å². The van der Waals surface area contributed by atoms with Gasteiger partial charge in [-0.05, 0) is 36.6 Å². The van der Waals surface area contributed by atoms with Crippen LogP contribution in [0.5, 0.6) is 0 Å². The van der Waals surface area contributed by atoms with Gasteiger partial charge in [0.2, 0.25) is 0 Å². The van der Waals surface area contributed by atoms with Crippen molar-refractivity contribution in [3.05, 3.63) is 72.3 Å². The minimum Gasteiger partial charge on any atom is -0.380 e. The molecule has 0 aliphatic rings. The molecule has 0 atom stereocenters. The molecular weight excluding hydrogens is 376 g/mol. The fraction of sp³-hybridized carbons (Fsp3) is 0.360. The van der Waals surface area contributed by atoms with Crippen LogP contribution in [0.4, 0.5) is 5.69 Å². The molecule has 2 rings (SSSR count). The summed E-state index contributed by atoms with van der Waals surface area (Å²) in [5.41, 5.74) is 2.59. The molecule has 0 saturated heterocycles. The number of benzene rings is 2. The summed E-state index contributed by atoms with van der Waals surface area (Å²) >= 11 is 0. The summed E-state index contributed by atoms with van der Waals surface area (Å²) in [4.78, 5) is 26.0. The Kier molecular flexibility index (Phi) is 9.29. The van der Waals surface area contributed by atoms with E-state index in [0.29, 0.717) is 18.5 Å². The van der Waals surface area contributed by atoms with Crippen LogP contribution in [0, 0.1) is 0 Å². The van der Waals surface area contributed by atoms with Crippen LogP contribution in [0.25, 0.3) is 6.08 Å². The molecule has 0 saturated carbocycles. The number of unbranched alkanes of at least 4 members (excludes halogenated alkanes) is 2. The molecule has 2 amide bonds. The number of nitrogens with zero attached hydrogens (tertiary/aromatic N) is 1. The van der Waals surface area contributed by atoms with Crippen LogP contribution >= 0.6 is 0 Å². The molecule has 2 N–H and O–H groups in total. The fourth-order valence-corrected chi connectivity index (χ4v) is 3.13. The number of hydrogen-bond acceptors (Lipinski definition) is 3. The normalized spacial score (nSPS) is 11.4. The summed E-state index contributed by atoms with van der Waals surface area (Å²) in [6.07, 6.45) is 7.08. The molecule has 2 aromatic rings. The van der Waals surface area contributed by atoms with Gasteiger partial charge >= 0.3 is 0 Å². The quantitative estimate of drug-likeness (QED) is 0.435. The number of para-hydroxylation sites is 1. The van der Waals surface area contributed by atoms with Gasteiger partial charge in [0.1, 0.15) is 5.60 Å². The molecule has 0 aromatic heterocycles. The SMILES string of the molecule is CCCCC(O)(CCCC)C(=O)NN(C(=O)/C=C/c1ccccc1)c1ccccc1. The first-order valence-corrected chi connectivity index (χ1v) is 10.7. The Hall–Kier alpha value is -2.92. The van der Waals surface area contributed by atoms with Gasteiger partial charge in [-0.15, -0.1) is 0 Å². The maximum atomic E-state index is 13.1. The minimum atomic E-state index is -1.50. The predicted molar refractivity (Wildman–Crippen MR) is 122 cm³/mol. The van der Waals surface area contributed by atoms with Gasteiger partial charge in [0.05, 0.1) is 5.69 Å². The number of carbonyl (C=O) groups excluding carboxylic acids is 2. The maximum absolute atomic E-state index is 13.1. The molecular formula is C25H32N2O3. The second-order valence-corrected chi connectivity index (χ2v) is 7.43. The van der Waals surface area contributed by atoms with Crippen LogP contribution in [0.2, 0.25) is 0 Å².